The van der Waals surface area contributed by atoms with Gasteiger partial charge in [-0.05, 0) is 0 Å². The van der Waals surface area contributed by atoms with Crippen LogP contribution in [0.3, 0.4) is 0 Å². The molecular formula is HN2O6Zr-. The van der Waals surface area contributed by atoms with Crippen molar-refractivity contribution in [2.45, 2.75) is 0 Å². The van der Waals surface area contributed by atoms with Crippen molar-refractivity contribution in [2.75, 3.05) is 0 Å². The van der Waals surface area contributed by atoms with Crippen molar-refractivity contribution in [3.8, 4) is 0 Å². The molecule has 0 aliphatic carbocycles. The summed E-state index contributed by atoms with van der Waals surface area (Å²) in [6, 6.07) is 0. The van der Waals surface area contributed by atoms with Gasteiger partial charge in [0, 0.05) is 26.2 Å². The first-order chi connectivity index (χ1) is 3.46. The van der Waals surface area contributed by atoms with Gasteiger partial charge in [0.2, 0.25) is 0 Å². The molecular weight excluding hydrogens is 215 g/mol. The van der Waals surface area contributed by atoms with Crippen LogP contribution in [0, 0.1) is 25.4 Å². The summed E-state index contributed by atoms with van der Waals surface area (Å²) in [6.45, 7) is 0. The standard InChI is InChI=1S/HNO3.NO3.Zr/c2*2-1(3)4;/h(H,2,3,4);;/q;-1;. The fraction of sp³-hybridized carbons (Fsp3) is 0. The molecule has 0 rings (SSSR count). The molecule has 0 saturated heterocycles. The number of hydrogen-bond donors (Lipinski definition) is 1. The van der Waals surface area contributed by atoms with Crippen molar-refractivity contribution >= 4 is 0 Å². The first kappa shape index (κ1) is 15.7. The molecule has 0 aromatic carbocycles. The Morgan fingerprint density at radius 1 is 1.11 bits per heavy atom. The minimum absolute atomic E-state index is 0. The second-order valence-corrected chi connectivity index (χ2v) is 0.461. The molecule has 0 bridgehead atoms. The maximum Gasteiger partial charge on any atom is 0.291 e. The van der Waals surface area contributed by atoms with Crippen LogP contribution in [0.15, 0.2) is 0 Å². The second kappa shape index (κ2) is 10.3. The van der Waals surface area contributed by atoms with Gasteiger partial charge in [-0.2, -0.15) is 0 Å². The average molecular weight is 216 g/mol. The molecule has 52 valence electrons. The van der Waals surface area contributed by atoms with E-state index in [0.717, 1.165) is 0 Å². The van der Waals surface area contributed by atoms with Crippen molar-refractivity contribution in [1.82, 2.24) is 0 Å². The summed E-state index contributed by atoms with van der Waals surface area (Å²) in [6.07, 6.45) is 0. The van der Waals surface area contributed by atoms with Crippen molar-refractivity contribution in [1.29, 1.82) is 0 Å². The van der Waals surface area contributed by atoms with Gasteiger partial charge < -0.3 is 20.5 Å². The van der Waals surface area contributed by atoms with Gasteiger partial charge in [-0.15, -0.1) is 10.1 Å². The Balaban J connectivity index is -0.0000000720. The fourth-order valence-corrected chi connectivity index (χ4v) is 0. The first-order valence-electron chi connectivity index (χ1n) is 1.11. The molecule has 0 unspecified atom stereocenters. The predicted molar refractivity (Wildman–Crippen MR) is 19.1 cm³/mol. The molecule has 0 fully saturated rings. The molecule has 0 aliphatic heterocycles. The minimum Gasteiger partial charge on any atom is -0.356 e. The largest absolute Gasteiger partial charge is 0.356 e. The third kappa shape index (κ3) is 396. The monoisotopic (exact) mass is 215 g/mol. The third-order valence-electron chi connectivity index (χ3n) is 0. The van der Waals surface area contributed by atoms with E-state index < -0.39 is 10.2 Å². The van der Waals surface area contributed by atoms with Gasteiger partial charge in [0.25, 0.3) is 5.09 Å². The van der Waals surface area contributed by atoms with Crippen molar-refractivity contribution in [3.05, 3.63) is 25.4 Å². The third-order valence-corrected chi connectivity index (χ3v) is 0. The number of nitrogens with zero attached hydrogens (tertiary/aromatic N) is 2. The van der Waals surface area contributed by atoms with Crippen LogP contribution in [0.25, 0.3) is 0 Å². The topological polar surface area (TPSA) is 130 Å². The maximum absolute atomic E-state index is 8.36. The quantitative estimate of drug-likeness (QED) is 0.425. The zero-order valence-electron chi connectivity index (χ0n) is 3.88. The first-order valence-corrected chi connectivity index (χ1v) is 1.11. The SMILES string of the molecule is O=[N+]([O-])O.O=[N+]([O-])[O-].[Zr]. The molecule has 9 heavy (non-hydrogen) atoms. The van der Waals surface area contributed by atoms with E-state index in [-0.39, 0.29) is 26.2 Å². The zero-order valence-corrected chi connectivity index (χ0v) is 6.34. The van der Waals surface area contributed by atoms with E-state index in [4.69, 9.17) is 30.6 Å². The zero-order chi connectivity index (χ0) is 7.15. The summed E-state index contributed by atoms with van der Waals surface area (Å²) in [5.41, 5.74) is 0. The molecule has 0 aliphatic rings. The molecule has 0 radical (unpaired) electrons. The molecule has 8 nitrogen and oxygen atoms in total. The molecule has 0 heterocycles. The van der Waals surface area contributed by atoms with Crippen molar-refractivity contribution in [3.63, 3.8) is 0 Å². The molecule has 0 spiro atoms. The van der Waals surface area contributed by atoms with E-state index in [1.165, 1.54) is 0 Å². The maximum atomic E-state index is 8.36. The van der Waals surface area contributed by atoms with Gasteiger partial charge in [0.1, 0.15) is 0 Å². The smallest absolute Gasteiger partial charge is 0.291 e. The Hall–Kier alpha value is -0.717. The fourth-order valence-electron chi connectivity index (χ4n) is 0. The summed E-state index contributed by atoms with van der Waals surface area (Å²) < 4.78 is 0. The average Bonchev–Trinajstić information content (AvgIpc) is 1.25. The normalized spacial score (nSPS) is 5.33. The van der Waals surface area contributed by atoms with Crippen LogP contribution in [0.5, 0.6) is 0 Å². The summed E-state index contributed by atoms with van der Waals surface area (Å²) in [7, 11) is 0. The van der Waals surface area contributed by atoms with Crippen LogP contribution in [-0.2, 0) is 26.2 Å². The van der Waals surface area contributed by atoms with Crippen molar-refractivity contribution < 1.29 is 41.6 Å². The van der Waals surface area contributed by atoms with E-state index in [9.17, 15) is 0 Å². The molecule has 0 atom stereocenters. The molecule has 9 heteroatoms. The Morgan fingerprint density at radius 3 is 1.11 bits per heavy atom. The van der Waals surface area contributed by atoms with E-state index in [2.05, 4.69) is 0 Å². The Labute approximate surface area is 67.4 Å². The van der Waals surface area contributed by atoms with Crippen molar-refractivity contribution in [2.24, 2.45) is 0 Å². The van der Waals surface area contributed by atoms with Crippen LogP contribution in [0.4, 0.5) is 0 Å². The van der Waals surface area contributed by atoms with Gasteiger partial charge in [0.05, 0.1) is 5.09 Å². The Bertz CT molecular complexity index is 69.1. The Kier molecular flexibility index (Phi) is 18.0. The predicted octanol–water partition coefficient (Wildman–Crippen LogP) is -0.589. The van der Waals surface area contributed by atoms with Gasteiger partial charge in [-0.25, -0.2) is 0 Å². The Morgan fingerprint density at radius 2 is 1.11 bits per heavy atom. The molecule has 0 aromatic rings. The second-order valence-electron chi connectivity index (χ2n) is 0.461. The molecule has 0 aromatic heterocycles. The van der Waals surface area contributed by atoms with Gasteiger partial charge in [-0.3, -0.25) is 0 Å². The molecule has 1 N–H and O–H groups in total. The van der Waals surface area contributed by atoms with Gasteiger partial charge in [0.15, 0.2) is 0 Å². The van der Waals surface area contributed by atoms with E-state index in [0.29, 0.717) is 0 Å². The van der Waals surface area contributed by atoms with E-state index >= 15 is 0 Å². The van der Waals surface area contributed by atoms with Crippen LogP contribution in [0.2, 0.25) is 0 Å². The summed E-state index contributed by atoms with van der Waals surface area (Å²) in [5, 5.41) is 28.4. The number of rotatable bonds is 0. The molecule has 0 amide bonds. The van der Waals surface area contributed by atoms with E-state index in [1.807, 2.05) is 0 Å². The molecule has 0 saturated carbocycles. The summed E-state index contributed by atoms with van der Waals surface area (Å²) in [5.74, 6) is 0. The van der Waals surface area contributed by atoms with Crippen LogP contribution < -0.4 is 0 Å². The van der Waals surface area contributed by atoms with Crippen LogP contribution in [-0.4, -0.2) is 15.4 Å². The van der Waals surface area contributed by atoms with Crippen LogP contribution >= 0.6 is 0 Å². The van der Waals surface area contributed by atoms with Gasteiger partial charge in [-0.1, -0.05) is 0 Å². The number of hydrogen-bond acceptors (Lipinski definition) is 5. The summed E-state index contributed by atoms with van der Waals surface area (Å²) >= 11 is 0. The van der Waals surface area contributed by atoms with Gasteiger partial charge >= 0.3 is 0 Å². The summed E-state index contributed by atoms with van der Waals surface area (Å²) in [4.78, 5) is 16.6. The minimum atomic E-state index is -1.75. The van der Waals surface area contributed by atoms with E-state index in [1.54, 1.807) is 0 Å². The van der Waals surface area contributed by atoms with Crippen LogP contribution in [0.1, 0.15) is 0 Å².